The van der Waals surface area contributed by atoms with Crippen LogP contribution in [0, 0.1) is 0 Å². The second kappa shape index (κ2) is 5.08. The zero-order valence-electron chi connectivity index (χ0n) is 13.8. The molecule has 5 nitrogen and oxygen atoms in total. The summed E-state index contributed by atoms with van der Waals surface area (Å²) in [5, 5.41) is 19.6. The van der Waals surface area contributed by atoms with E-state index in [-0.39, 0.29) is 11.1 Å². The van der Waals surface area contributed by atoms with Gasteiger partial charge in [-0.2, -0.15) is 0 Å². The standard InChI is InChI=1S/C21H15NO4/c23-20(24)16-14-10-9-12-7-4-8-13-15(11-5-2-1-3-6-11)19(17(16)21(25)26)22(14)18(12)13/h1-3,5-6,9-10H,4,7-8H2,(H,23,24)(H,25,26). The molecule has 0 radical (unpaired) electrons. The zero-order valence-corrected chi connectivity index (χ0v) is 13.8. The summed E-state index contributed by atoms with van der Waals surface area (Å²) in [5.41, 5.74) is 5.74. The molecular weight excluding hydrogens is 330 g/mol. The van der Waals surface area contributed by atoms with E-state index < -0.39 is 11.9 Å². The van der Waals surface area contributed by atoms with Gasteiger partial charge in [0.25, 0.3) is 0 Å². The van der Waals surface area contributed by atoms with Gasteiger partial charge in [-0.15, -0.1) is 0 Å². The second-order valence-corrected chi connectivity index (χ2v) is 6.71. The average molecular weight is 345 g/mol. The number of aromatic carboxylic acids is 2. The molecule has 0 bridgehead atoms. The van der Waals surface area contributed by atoms with Crippen molar-refractivity contribution in [2.75, 3.05) is 0 Å². The highest BCUT2D eigenvalue weighted by Gasteiger charge is 2.33. The highest BCUT2D eigenvalue weighted by molar-refractivity contribution is 6.17. The SMILES string of the molecule is O=C(O)c1c(C(=O)O)c2c(-c3ccccc3)c3c4c(ccc1n42)CCC3. The van der Waals surface area contributed by atoms with Crippen molar-refractivity contribution in [3.63, 3.8) is 0 Å². The van der Waals surface area contributed by atoms with Crippen molar-refractivity contribution in [2.24, 2.45) is 0 Å². The van der Waals surface area contributed by atoms with E-state index in [0.29, 0.717) is 11.0 Å². The molecule has 1 aliphatic carbocycles. The monoisotopic (exact) mass is 345 g/mol. The number of nitrogens with zero attached hydrogens (tertiary/aromatic N) is 1. The Labute approximate surface area is 148 Å². The number of hydrogen-bond acceptors (Lipinski definition) is 2. The fraction of sp³-hybridized carbons (Fsp3) is 0.143. The van der Waals surface area contributed by atoms with Crippen LogP contribution < -0.4 is 0 Å². The van der Waals surface area contributed by atoms with Gasteiger partial charge in [-0.05, 0) is 42.0 Å². The highest BCUT2D eigenvalue weighted by Crippen LogP contribution is 2.44. The molecule has 0 aliphatic heterocycles. The maximum absolute atomic E-state index is 12.1. The van der Waals surface area contributed by atoms with Crippen LogP contribution in [0.5, 0.6) is 0 Å². The first-order valence-electron chi connectivity index (χ1n) is 8.55. The van der Waals surface area contributed by atoms with Crippen molar-refractivity contribution in [2.45, 2.75) is 19.3 Å². The van der Waals surface area contributed by atoms with E-state index in [1.807, 2.05) is 40.8 Å². The van der Waals surface area contributed by atoms with Crippen LogP contribution in [0.4, 0.5) is 0 Å². The Balaban J connectivity index is 2.09. The van der Waals surface area contributed by atoms with Crippen LogP contribution in [-0.2, 0) is 12.8 Å². The second-order valence-electron chi connectivity index (χ2n) is 6.71. The van der Waals surface area contributed by atoms with Crippen molar-refractivity contribution in [3.8, 4) is 11.1 Å². The molecule has 5 rings (SSSR count). The lowest BCUT2D eigenvalue weighted by Gasteiger charge is -2.15. The Kier molecular flexibility index (Phi) is 2.92. The number of carboxylic acid groups (broad SMARTS) is 2. The fourth-order valence-electron chi connectivity index (χ4n) is 4.45. The normalized spacial score (nSPS) is 13.5. The summed E-state index contributed by atoms with van der Waals surface area (Å²) in [6.07, 6.45) is 2.78. The number of hydrogen-bond donors (Lipinski definition) is 2. The summed E-state index contributed by atoms with van der Waals surface area (Å²) < 4.78 is 1.86. The molecule has 3 heterocycles. The molecule has 2 N–H and O–H groups in total. The van der Waals surface area contributed by atoms with Crippen LogP contribution in [0.15, 0.2) is 42.5 Å². The molecule has 128 valence electrons. The molecule has 0 saturated carbocycles. The van der Waals surface area contributed by atoms with E-state index in [1.54, 1.807) is 6.07 Å². The third-order valence-corrected chi connectivity index (χ3v) is 5.37. The van der Waals surface area contributed by atoms with Gasteiger partial charge in [-0.3, -0.25) is 0 Å². The number of carbonyl (C=O) groups is 2. The lowest BCUT2D eigenvalue weighted by molar-refractivity contribution is 0.0655. The molecule has 1 aliphatic rings. The van der Waals surface area contributed by atoms with Crippen LogP contribution in [0.25, 0.3) is 27.7 Å². The largest absolute Gasteiger partial charge is 0.478 e. The summed E-state index contributed by atoms with van der Waals surface area (Å²) in [7, 11) is 0. The molecule has 5 heteroatoms. The molecule has 0 atom stereocenters. The summed E-state index contributed by atoms with van der Waals surface area (Å²) in [6, 6.07) is 13.3. The molecule has 0 unspecified atom stereocenters. The molecule has 1 aromatic carbocycles. The van der Waals surface area contributed by atoms with E-state index in [0.717, 1.165) is 47.0 Å². The molecule has 0 spiro atoms. The van der Waals surface area contributed by atoms with Gasteiger partial charge in [0.1, 0.15) is 11.1 Å². The molecule has 26 heavy (non-hydrogen) atoms. The van der Waals surface area contributed by atoms with Gasteiger partial charge in [0.05, 0.1) is 16.6 Å². The zero-order chi connectivity index (χ0) is 18.0. The number of rotatable bonds is 3. The van der Waals surface area contributed by atoms with E-state index in [1.165, 1.54) is 0 Å². The number of carboxylic acids is 2. The van der Waals surface area contributed by atoms with Crippen LogP contribution in [0.2, 0.25) is 0 Å². The lowest BCUT2D eigenvalue weighted by atomic mass is 9.90. The summed E-state index contributed by atoms with van der Waals surface area (Å²) >= 11 is 0. The molecule has 0 saturated heterocycles. The third-order valence-electron chi connectivity index (χ3n) is 5.37. The highest BCUT2D eigenvalue weighted by atomic mass is 16.4. The number of aromatic nitrogens is 1. The predicted octanol–water partition coefficient (Wildman–Crippen LogP) is 4.08. The molecule has 0 amide bonds. The van der Waals surface area contributed by atoms with Crippen LogP contribution in [0.1, 0.15) is 38.3 Å². The fourth-order valence-corrected chi connectivity index (χ4v) is 4.45. The van der Waals surface area contributed by atoms with Crippen molar-refractivity contribution in [3.05, 3.63) is 64.7 Å². The Hall–Kier alpha value is -3.34. The molecule has 4 aromatic rings. The lowest BCUT2D eigenvalue weighted by Crippen LogP contribution is -2.07. The van der Waals surface area contributed by atoms with Gasteiger partial charge >= 0.3 is 11.9 Å². The third kappa shape index (κ3) is 1.74. The predicted molar refractivity (Wildman–Crippen MR) is 97.5 cm³/mol. The molecule has 3 aromatic heterocycles. The first kappa shape index (κ1) is 15.0. The van der Waals surface area contributed by atoms with Crippen LogP contribution in [-0.4, -0.2) is 26.6 Å². The van der Waals surface area contributed by atoms with Gasteiger partial charge in [0.15, 0.2) is 0 Å². The Morgan fingerprint density at radius 3 is 2.27 bits per heavy atom. The molecule has 0 fully saturated rings. The number of aryl methyl sites for hydroxylation is 2. The number of benzene rings is 1. The smallest absolute Gasteiger partial charge is 0.338 e. The minimum Gasteiger partial charge on any atom is -0.478 e. The quantitative estimate of drug-likeness (QED) is 0.586. The summed E-state index contributed by atoms with van der Waals surface area (Å²) in [5.74, 6) is -2.42. The maximum atomic E-state index is 12.1. The van der Waals surface area contributed by atoms with Crippen molar-refractivity contribution in [1.29, 1.82) is 0 Å². The Morgan fingerprint density at radius 2 is 1.58 bits per heavy atom. The van der Waals surface area contributed by atoms with Gasteiger partial charge < -0.3 is 14.6 Å². The van der Waals surface area contributed by atoms with Crippen molar-refractivity contribution in [1.82, 2.24) is 4.40 Å². The topological polar surface area (TPSA) is 79.0 Å². The van der Waals surface area contributed by atoms with Crippen molar-refractivity contribution >= 4 is 28.5 Å². The van der Waals surface area contributed by atoms with E-state index in [9.17, 15) is 19.8 Å². The first-order valence-corrected chi connectivity index (χ1v) is 8.55. The maximum Gasteiger partial charge on any atom is 0.338 e. The Morgan fingerprint density at radius 1 is 0.846 bits per heavy atom. The Bertz CT molecular complexity index is 1200. The van der Waals surface area contributed by atoms with Gasteiger partial charge in [-0.1, -0.05) is 36.4 Å². The van der Waals surface area contributed by atoms with Crippen LogP contribution in [0.3, 0.4) is 0 Å². The van der Waals surface area contributed by atoms with Crippen LogP contribution >= 0.6 is 0 Å². The van der Waals surface area contributed by atoms with E-state index in [2.05, 4.69) is 0 Å². The molecular formula is C21H15NO4. The van der Waals surface area contributed by atoms with Crippen molar-refractivity contribution < 1.29 is 19.8 Å². The van der Waals surface area contributed by atoms with E-state index >= 15 is 0 Å². The van der Waals surface area contributed by atoms with E-state index in [4.69, 9.17) is 0 Å². The van der Waals surface area contributed by atoms with Gasteiger partial charge in [0, 0.05) is 5.56 Å². The van der Waals surface area contributed by atoms with Gasteiger partial charge in [0.2, 0.25) is 0 Å². The first-order chi connectivity index (χ1) is 12.6. The number of pyridine rings is 1. The summed E-state index contributed by atoms with van der Waals surface area (Å²) in [4.78, 5) is 24.0. The minimum atomic E-state index is -1.21. The average Bonchev–Trinajstić information content (AvgIpc) is 3.15. The van der Waals surface area contributed by atoms with Gasteiger partial charge in [-0.25, -0.2) is 9.59 Å². The minimum absolute atomic E-state index is 0.119. The summed E-state index contributed by atoms with van der Waals surface area (Å²) in [6.45, 7) is 0.